The highest BCUT2D eigenvalue weighted by Gasteiger charge is 2.15. The molecule has 2 aromatic carbocycles. The van der Waals surface area contributed by atoms with Crippen LogP contribution in [0.15, 0.2) is 36.4 Å². The summed E-state index contributed by atoms with van der Waals surface area (Å²) in [5, 5.41) is 3.72. The van der Waals surface area contributed by atoms with Gasteiger partial charge in [-0.25, -0.2) is 0 Å². The summed E-state index contributed by atoms with van der Waals surface area (Å²) in [5.74, 6) is 1.33. The average Bonchev–Trinajstić information content (AvgIpc) is 2.97. The molecule has 0 aromatic heterocycles. The van der Waals surface area contributed by atoms with Crippen molar-refractivity contribution in [2.75, 3.05) is 25.7 Å². The van der Waals surface area contributed by atoms with Crippen LogP contribution in [0.25, 0.3) is 0 Å². The summed E-state index contributed by atoms with van der Waals surface area (Å²) in [7, 11) is 1.87. The smallest absolute Gasteiger partial charge is 0.238 e. The van der Waals surface area contributed by atoms with E-state index in [9.17, 15) is 4.79 Å². The van der Waals surface area contributed by atoms with Crippen LogP contribution in [0, 0.1) is 0 Å². The van der Waals surface area contributed by atoms with Gasteiger partial charge in [-0.15, -0.1) is 0 Å². The molecule has 0 saturated carbocycles. The summed E-state index contributed by atoms with van der Waals surface area (Å²) >= 11 is 11.9. The topological polar surface area (TPSA) is 50.8 Å². The molecule has 1 aliphatic heterocycles. The number of fused-ring (bicyclic) bond motifs is 1. The number of nitrogens with one attached hydrogen (secondary N) is 1. The highest BCUT2D eigenvalue weighted by atomic mass is 35.5. The lowest BCUT2D eigenvalue weighted by atomic mass is 10.2. The molecule has 0 spiro atoms. The number of nitrogens with zero attached hydrogens (tertiary/aromatic N) is 1. The van der Waals surface area contributed by atoms with Gasteiger partial charge in [0.25, 0.3) is 0 Å². The summed E-state index contributed by atoms with van der Waals surface area (Å²) in [6.45, 7) is 1.09. The summed E-state index contributed by atoms with van der Waals surface area (Å²) in [4.78, 5) is 14.0. The van der Waals surface area contributed by atoms with E-state index >= 15 is 0 Å². The van der Waals surface area contributed by atoms with Crippen molar-refractivity contribution >= 4 is 34.8 Å². The van der Waals surface area contributed by atoms with Crippen LogP contribution in [-0.4, -0.2) is 31.2 Å². The highest BCUT2D eigenvalue weighted by molar-refractivity contribution is 6.36. The first kappa shape index (κ1) is 16.9. The fourth-order valence-electron chi connectivity index (χ4n) is 2.43. The molecule has 1 amide bonds. The first-order valence-corrected chi connectivity index (χ1v) is 8.09. The van der Waals surface area contributed by atoms with Crippen LogP contribution in [0.2, 0.25) is 10.0 Å². The van der Waals surface area contributed by atoms with Crippen molar-refractivity contribution in [3.05, 3.63) is 52.0 Å². The molecule has 1 aliphatic rings. The Hall–Kier alpha value is -1.95. The monoisotopic (exact) mass is 366 g/mol. The van der Waals surface area contributed by atoms with Crippen LogP contribution in [0.3, 0.4) is 0 Å². The molecular weight excluding hydrogens is 351 g/mol. The minimum atomic E-state index is -0.150. The van der Waals surface area contributed by atoms with Gasteiger partial charge in [-0.2, -0.15) is 0 Å². The van der Waals surface area contributed by atoms with Gasteiger partial charge in [0.1, 0.15) is 0 Å². The fraction of sp³-hybridized carbons (Fsp3) is 0.235. The van der Waals surface area contributed by atoms with E-state index in [4.69, 9.17) is 32.7 Å². The van der Waals surface area contributed by atoms with E-state index in [-0.39, 0.29) is 19.2 Å². The minimum absolute atomic E-state index is 0.150. The Balaban J connectivity index is 1.56. The number of carbonyl (C=O) groups excluding carboxylic acids is 1. The molecule has 0 radical (unpaired) electrons. The number of amides is 1. The van der Waals surface area contributed by atoms with E-state index in [2.05, 4.69) is 5.32 Å². The van der Waals surface area contributed by atoms with Crippen LogP contribution >= 0.6 is 23.2 Å². The Bertz CT molecular complexity index is 767. The van der Waals surface area contributed by atoms with E-state index in [1.165, 1.54) is 0 Å². The second-order valence-electron chi connectivity index (χ2n) is 5.53. The number of carbonyl (C=O) groups is 1. The fourth-order valence-corrected chi connectivity index (χ4v) is 2.89. The average molecular weight is 367 g/mol. The van der Waals surface area contributed by atoms with Crippen molar-refractivity contribution in [2.45, 2.75) is 6.54 Å². The molecule has 2 aromatic rings. The Morgan fingerprint density at radius 1 is 1.17 bits per heavy atom. The lowest BCUT2D eigenvalue weighted by Gasteiger charge is -2.17. The van der Waals surface area contributed by atoms with Crippen LogP contribution in [0.4, 0.5) is 5.69 Å². The van der Waals surface area contributed by atoms with Gasteiger partial charge in [0.2, 0.25) is 12.7 Å². The second-order valence-corrected chi connectivity index (χ2v) is 6.38. The quantitative estimate of drug-likeness (QED) is 0.874. The number of rotatable bonds is 5. The van der Waals surface area contributed by atoms with Gasteiger partial charge >= 0.3 is 0 Å². The van der Waals surface area contributed by atoms with Gasteiger partial charge in [-0.3, -0.25) is 9.69 Å². The van der Waals surface area contributed by atoms with Crippen molar-refractivity contribution in [3.63, 3.8) is 0 Å². The first-order chi connectivity index (χ1) is 11.5. The van der Waals surface area contributed by atoms with Crippen molar-refractivity contribution in [1.29, 1.82) is 0 Å². The Labute approximate surface area is 150 Å². The highest BCUT2D eigenvalue weighted by Crippen LogP contribution is 2.32. The third-order valence-corrected chi connectivity index (χ3v) is 4.06. The number of benzene rings is 2. The van der Waals surface area contributed by atoms with Crippen LogP contribution < -0.4 is 14.8 Å². The maximum absolute atomic E-state index is 12.1. The van der Waals surface area contributed by atoms with E-state index in [1.54, 1.807) is 18.2 Å². The normalized spacial score (nSPS) is 12.5. The molecule has 5 nitrogen and oxygen atoms in total. The van der Waals surface area contributed by atoms with Crippen molar-refractivity contribution in [2.24, 2.45) is 0 Å². The first-order valence-electron chi connectivity index (χ1n) is 7.33. The van der Waals surface area contributed by atoms with Crippen molar-refractivity contribution in [1.82, 2.24) is 4.90 Å². The molecule has 0 saturated heterocycles. The zero-order valence-electron chi connectivity index (χ0n) is 13.0. The molecule has 0 bridgehead atoms. The van der Waals surface area contributed by atoms with Crippen molar-refractivity contribution in [3.8, 4) is 11.5 Å². The summed E-state index contributed by atoms with van der Waals surface area (Å²) in [5.41, 5.74) is 1.58. The Morgan fingerprint density at radius 2 is 1.96 bits per heavy atom. The van der Waals surface area contributed by atoms with Gasteiger partial charge in [0.15, 0.2) is 11.5 Å². The number of hydrogen-bond donors (Lipinski definition) is 1. The molecule has 1 N–H and O–H groups in total. The number of ether oxygens (including phenoxy) is 2. The number of anilines is 1. The Kier molecular flexibility index (Phi) is 5.14. The van der Waals surface area contributed by atoms with Gasteiger partial charge in [0, 0.05) is 11.6 Å². The van der Waals surface area contributed by atoms with Crippen molar-refractivity contribution < 1.29 is 14.3 Å². The van der Waals surface area contributed by atoms with Crippen LogP contribution in [-0.2, 0) is 11.3 Å². The standard InChI is InChI=1S/C17H16Cl2N2O3/c1-21(8-11-2-5-15-16(6-11)24-10-23-15)9-17(22)20-14-4-3-12(18)7-13(14)19/h2-7H,8-10H2,1H3,(H,20,22). The molecule has 24 heavy (non-hydrogen) atoms. The summed E-state index contributed by atoms with van der Waals surface area (Å²) < 4.78 is 10.6. The SMILES string of the molecule is CN(CC(=O)Nc1ccc(Cl)cc1Cl)Cc1ccc2c(c1)OCO2. The molecule has 3 rings (SSSR count). The van der Waals surface area contributed by atoms with Gasteiger partial charge < -0.3 is 14.8 Å². The van der Waals surface area contributed by atoms with E-state index < -0.39 is 0 Å². The maximum Gasteiger partial charge on any atom is 0.238 e. The molecule has 126 valence electrons. The molecule has 0 aliphatic carbocycles. The predicted octanol–water partition coefficient (Wildman–Crippen LogP) is 3.79. The molecule has 0 unspecified atom stereocenters. The van der Waals surface area contributed by atoms with E-state index in [1.807, 2.05) is 30.1 Å². The largest absolute Gasteiger partial charge is 0.454 e. The lowest BCUT2D eigenvalue weighted by Crippen LogP contribution is -2.29. The number of halogens is 2. The van der Waals surface area contributed by atoms with Gasteiger partial charge in [-0.1, -0.05) is 29.3 Å². The van der Waals surface area contributed by atoms with Crippen LogP contribution in [0.5, 0.6) is 11.5 Å². The predicted molar refractivity (Wildman–Crippen MR) is 94.0 cm³/mol. The second kappa shape index (κ2) is 7.30. The third-order valence-electron chi connectivity index (χ3n) is 3.51. The molecule has 1 heterocycles. The Morgan fingerprint density at radius 3 is 2.75 bits per heavy atom. The van der Waals surface area contributed by atoms with Gasteiger partial charge in [-0.05, 0) is 42.9 Å². The summed E-state index contributed by atoms with van der Waals surface area (Å²) in [6, 6.07) is 10.7. The third kappa shape index (κ3) is 4.12. The molecule has 7 heteroatoms. The number of likely N-dealkylation sites (N-methyl/N-ethyl adjacent to an activating group) is 1. The molecule has 0 atom stereocenters. The van der Waals surface area contributed by atoms with E-state index in [0.717, 1.165) is 17.1 Å². The van der Waals surface area contributed by atoms with Gasteiger partial charge in [0.05, 0.1) is 17.3 Å². The maximum atomic E-state index is 12.1. The minimum Gasteiger partial charge on any atom is -0.454 e. The zero-order chi connectivity index (χ0) is 17.1. The molecular formula is C17H16Cl2N2O3. The number of hydrogen-bond acceptors (Lipinski definition) is 4. The van der Waals surface area contributed by atoms with E-state index in [0.29, 0.717) is 22.3 Å². The summed E-state index contributed by atoms with van der Waals surface area (Å²) in [6.07, 6.45) is 0. The van der Waals surface area contributed by atoms with Crippen LogP contribution in [0.1, 0.15) is 5.56 Å². The zero-order valence-corrected chi connectivity index (χ0v) is 14.5. The molecule has 0 fully saturated rings. The lowest BCUT2D eigenvalue weighted by molar-refractivity contribution is -0.117.